The molecule has 0 saturated carbocycles. The van der Waals surface area contributed by atoms with Gasteiger partial charge in [-0.15, -0.1) is 0 Å². The summed E-state index contributed by atoms with van der Waals surface area (Å²) in [5.74, 6) is -3.41. The third kappa shape index (κ3) is 5.35. The van der Waals surface area contributed by atoms with E-state index in [1.165, 1.54) is 18.0 Å². The van der Waals surface area contributed by atoms with Crippen LogP contribution in [0.25, 0.3) is 0 Å². The maximum atomic E-state index is 13.6. The molecule has 6 nitrogen and oxygen atoms in total. The molecule has 2 rings (SSSR count). The van der Waals surface area contributed by atoms with Gasteiger partial charge >= 0.3 is 6.18 Å². The van der Waals surface area contributed by atoms with Crippen molar-refractivity contribution in [2.24, 2.45) is 4.99 Å². The second-order valence-corrected chi connectivity index (χ2v) is 6.87. The van der Waals surface area contributed by atoms with E-state index in [1.54, 1.807) is 0 Å². The van der Waals surface area contributed by atoms with Gasteiger partial charge in [-0.05, 0) is 31.8 Å². The van der Waals surface area contributed by atoms with Crippen LogP contribution >= 0.6 is 0 Å². The van der Waals surface area contributed by atoms with E-state index in [2.05, 4.69) is 17.0 Å². The fourth-order valence-corrected chi connectivity index (χ4v) is 2.80. The van der Waals surface area contributed by atoms with Crippen molar-refractivity contribution in [1.29, 1.82) is 5.26 Å². The number of amides is 1. The number of anilines is 2. The largest absolute Gasteiger partial charge is 0.417 e. The fraction of sp³-hybridized carbons (Fsp3) is 0.250. The lowest BCUT2D eigenvalue weighted by Crippen LogP contribution is -2.48. The zero-order valence-corrected chi connectivity index (χ0v) is 16.4. The first-order chi connectivity index (χ1) is 14.3. The summed E-state index contributed by atoms with van der Waals surface area (Å²) in [5.41, 5.74) is -4.34. The van der Waals surface area contributed by atoms with Crippen molar-refractivity contribution in [2.45, 2.75) is 18.7 Å². The van der Waals surface area contributed by atoms with Crippen LogP contribution in [0, 0.1) is 23.0 Å². The highest BCUT2D eigenvalue weighted by atomic mass is 19.4. The SMILES string of the molecule is C=Nc1cc(F)c(F)cc1N(C)CC(C)(O)C(=O)Nc1ccc(C#N)c(C(F)(F)F)c1. The molecule has 1 unspecified atom stereocenters. The molecule has 0 saturated heterocycles. The Morgan fingerprint density at radius 3 is 2.42 bits per heavy atom. The van der Waals surface area contributed by atoms with Gasteiger partial charge in [0.1, 0.15) is 0 Å². The number of carbonyl (C=O) groups is 1. The topological polar surface area (TPSA) is 88.7 Å². The third-order valence-corrected chi connectivity index (χ3v) is 4.34. The van der Waals surface area contributed by atoms with Crippen LogP contribution in [0.4, 0.5) is 39.0 Å². The predicted octanol–water partition coefficient (Wildman–Crippen LogP) is 4.01. The summed E-state index contributed by atoms with van der Waals surface area (Å²) in [7, 11) is 1.37. The number of nitriles is 1. The minimum atomic E-state index is -4.82. The first-order valence-electron chi connectivity index (χ1n) is 8.62. The number of rotatable bonds is 6. The summed E-state index contributed by atoms with van der Waals surface area (Å²) >= 11 is 0. The lowest BCUT2D eigenvalue weighted by Gasteiger charge is -2.30. The molecule has 11 heteroatoms. The van der Waals surface area contributed by atoms with Crippen molar-refractivity contribution in [3.63, 3.8) is 0 Å². The number of benzene rings is 2. The number of carbonyl (C=O) groups excluding carboxylic acids is 1. The number of nitrogens with zero attached hydrogens (tertiary/aromatic N) is 3. The molecular formula is C20H17F5N4O2. The molecule has 0 spiro atoms. The van der Waals surface area contributed by atoms with Crippen molar-refractivity contribution < 1.29 is 31.9 Å². The summed E-state index contributed by atoms with van der Waals surface area (Å²) in [5, 5.41) is 21.5. The Hall–Kier alpha value is -3.52. The molecule has 0 radical (unpaired) electrons. The number of hydrogen-bond donors (Lipinski definition) is 2. The molecule has 0 heterocycles. The van der Waals surface area contributed by atoms with E-state index in [1.807, 2.05) is 0 Å². The smallest absolute Gasteiger partial charge is 0.378 e. The van der Waals surface area contributed by atoms with E-state index >= 15 is 0 Å². The van der Waals surface area contributed by atoms with Gasteiger partial charge in [-0.2, -0.15) is 18.4 Å². The standard InChI is InChI=1S/C20H17F5N4O2/c1-19(31,10-29(3)17-8-15(22)14(21)7-16(17)27-2)18(30)28-12-5-4-11(9-26)13(6-12)20(23,24)25/h4-8,31H,2,10H2,1,3H3,(H,28,30). The zero-order valence-electron chi connectivity index (χ0n) is 16.4. The van der Waals surface area contributed by atoms with Crippen LogP contribution in [-0.4, -0.2) is 36.9 Å². The van der Waals surface area contributed by atoms with Gasteiger partial charge in [-0.3, -0.25) is 9.79 Å². The Kier molecular flexibility index (Phi) is 6.66. The lowest BCUT2D eigenvalue weighted by molar-refractivity contribution is -0.138. The summed E-state index contributed by atoms with van der Waals surface area (Å²) in [6.07, 6.45) is -4.82. The van der Waals surface area contributed by atoms with Gasteiger partial charge in [0.2, 0.25) is 0 Å². The second-order valence-electron chi connectivity index (χ2n) is 6.87. The summed E-state index contributed by atoms with van der Waals surface area (Å²) in [6.45, 7) is 3.89. The summed E-state index contributed by atoms with van der Waals surface area (Å²) < 4.78 is 66.3. The van der Waals surface area contributed by atoms with E-state index in [9.17, 15) is 31.9 Å². The molecule has 31 heavy (non-hydrogen) atoms. The van der Waals surface area contributed by atoms with Crippen molar-refractivity contribution >= 4 is 29.7 Å². The van der Waals surface area contributed by atoms with Crippen LogP contribution < -0.4 is 10.2 Å². The number of nitrogens with one attached hydrogen (secondary N) is 1. The Bertz CT molecular complexity index is 1060. The number of likely N-dealkylation sites (N-methyl/N-ethyl adjacent to an activating group) is 1. The van der Waals surface area contributed by atoms with Crippen molar-refractivity contribution in [1.82, 2.24) is 0 Å². The molecule has 0 aliphatic heterocycles. The van der Waals surface area contributed by atoms with Crippen molar-refractivity contribution in [3.8, 4) is 6.07 Å². The highest BCUT2D eigenvalue weighted by Gasteiger charge is 2.36. The van der Waals surface area contributed by atoms with Gasteiger partial charge in [-0.1, -0.05) is 0 Å². The molecule has 0 aromatic heterocycles. The van der Waals surface area contributed by atoms with Gasteiger partial charge in [0.05, 0.1) is 35.1 Å². The van der Waals surface area contributed by atoms with Crippen molar-refractivity contribution in [3.05, 3.63) is 53.1 Å². The van der Waals surface area contributed by atoms with E-state index in [4.69, 9.17) is 5.26 Å². The van der Waals surface area contributed by atoms with Crippen LogP contribution in [0.1, 0.15) is 18.1 Å². The van der Waals surface area contributed by atoms with Gasteiger partial charge in [0.25, 0.3) is 5.91 Å². The first kappa shape index (κ1) is 23.8. The Morgan fingerprint density at radius 1 is 1.26 bits per heavy atom. The molecule has 0 aliphatic carbocycles. The second kappa shape index (κ2) is 8.69. The van der Waals surface area contributed by atoms with E-state index < -0.39 is 47.0 Å². The maximum Gasteiger partial charge on any atom is 0.417 e. The molecule has 0 fully saturated rings. The van der Waals surface area contributed by atoms with E-state index in [0.29, 0.717) is 6.07 Å². The molecule has 2 aromatic rings. The third-order valence-electron chi connectivity index (χ3n) is 4.34. The van der Waals surface area contributed by atoms with Crippen LogP contribution in [0.3, 0.4) is 0 Å². The van der Waals surface area contributed by atoms with E-state index in [-0.39, 0.29) is 17.1 Å². The van der Waals surface area contributed by atoms with Gasteiger partial charge in [0, 0.05) is 24.9 Å². The van der Waals surface area contributed by atoms with Crippen LogP contribution in [-0.2, 0) is 11.0 Å². The van der Waals surface area contributed by atoms with Gasteiger partial charge in [-0.25, -0.2) is 8.78 Å². The molecule has 0 bridgehead atoms. The normalized spacial score (nSPS) is 13.1. The van der Waals surface area contributed by atoms with Crippen LogP contribution in [0.5, 0.6) is 0 Å². The van der Waals surface area contributed by atoms with Crippen molar-refractivity contribution in [2.75, 3.05) is 23.8 Å². The summed E-state index contributed by atoms with van der Waals surface area (Å²) in [6, 6.07) is 5.57. The maximum absolute atomic E-state index is 13.6. The molecule has 1 atom stereocenters. The molecule has 2 N–H and O–H groups in total. The Balaban J connectivity index is 2.26. The average molecular weight is 440 g/mol. The number of aliphatic hydroxyl groups is 1. The molecule has 2 aromatic carbocycles. The van der Waals surface area contributed by atoms with Gasteiger partial charge < -0.3 is 15.3 Å². The molecular weight excluding hydrogens is 423 g/mol. The number of hydrogen-bond acceptors (Lipinski definition) is 5. The predicted molar refractivity (Wildman–Crippen MR) is 104 cm³/mol. The highest BCUT2D eigenvalue weighted by Crippen LogP contribution is 2.34. The van der Waals surface area contributed by atoms with Gasteiger partial charge in [0.15, 0.2) is 17.2 Å². The molecule has 1 amide bonds. The highest BCUT2D eigenvalue weighted by molar-refractivity contribution is 5.97. The Labute approximate surface area is 174 Å². The minimum absolute atomic E-state index is 0.0275. The zero-order chi connectivity index (χ0) is 23.6. The number of halogens is 5. The molecule has 0 aliphatic rings. The van der Waals surface area contributed by atoms with Crippen LogP contribution in [0.2, 0.25) is 0 Å². The Morgan fingerprint density at radius 2 is 1.87 bits per heavy atom. The van der Waals surface area contributed by atoms with Crippen LogP contribution in [0.15, 0.2) is 35.3 Å². The number of alkyl halides is 3. The first-order valence-corrected chi connectivity index (χ1v) is 8.62. The minimum Gasteiger partial charge on any atom is -0.378 e. The van der Waals surface area contributed by atoms with E-state index in [0.717, 1.165) is 31.2 Å². The quantitative estimate of drug-likeness (QED) is 0.525. The summed E-state index contributed by atoms with van der Waals surface area (Å²) in [4.78, 5) is 17.3. The fourth-order valence-electron chi connectivity index (χ4n) is 2.80. The number of aliphatic imine (C=N–C) groups is 1. The monoisotopic (exact) mass is 440 g/mol. The lowest BCUT2D eigenvalue weighted by atomic mass is 10.0. The average Bonchev–Trinajstić information content (AvgIpc) is 2.68. The molecule has 164 valence electrons.